The van der Waals surface area contributed by atoms with E-state index in [1.807, 2.05) is 39.1 Å². The van der Waals surface area contributed by atoms with Crippen LogP contribution in [-0.4, -0.2) is 26.9 Å². The van der Waals surface area contributed by atoms with Gasteiger partial charge in [-0.15, -0.1) is 0 Å². The first-order valence-corrected chi connectivity index (χ1v) is 6.14. The van der Waals surface area contributed by atoms with Gasteiger partial charge in [0.15, 0.2) is 0 Å². The fourth-order valence-corrected chi connectivity index (χ4v) is 2.10. The molecule has 0 saturated heterocycles. The molecule has 0 saturated carbocycles. The van der Waals surface area contributed by atoms with Crippen LogP contribution >= 0.6 is 11.6 Å². The van der Waals surface area contributed by atoms with Gasteiger partial charge in [0.05, 0.1) is 24.3 Å². The largest absolute Gasteiger partial charge is 0.495 e. The van der Waals surface area contributed by atoms with Gasteiger partial charge in [-0.25, -0.2) is 0 Å². The third-order valence-corrected chi connectivity index (χ3v) is 3.06. The fraction of sp³-hybridized carbons (Fsp3) is 0.538. The van der Waals surface area contributed by atoms with Gasteiger partial charge in [-0.3, -0.25) is 0 Å². The maximum absolute atomic E-state index is 6.01. The van der Waals surface area contributed by atoms with E-state index in [4.69, 9.17) is 21.1 Å². The van der Waals surface area contributed by atoms with E-state index in [1.165, 1.54) is 0 Å². The summed E-state index contributed by atoms with van der Waals surface area (Å²) in [6, 6.07) is 5.90. The van der Waals surface area contributed by atoms with Gasteiger partial charge in [0.2, 0.25) is 0 Å². The maximum atomic E-state index is 6.01. The summed E-state index contributed by atoms with van der Waals surface area (Å²) in [5.41, 5.74) is 1.11. The standard InChI is InChI=1S/C13H20ClNO2/c1-5-17-9(2)13(15-3)10-6-7-11(14)12(8-10)16-4/h6-9,13,15H,5H2,1-4H3. The van der Waals surface area contributed by atoms with Crippen LogP contribution in [0.2, 0.25) is 5.02 Å². The molecule has 2 unspecified atom stereocenters. The third-order valence-electron chi connectivity index (χ3n) is 2.74. The number of methoxy groups -OCH3 is 1. The second kappa shape index (κ2) is 6.84. The number of hydrogen-bond donors (Lipinski definition) is 1. The van der Waals surface area contributed by atoms with Gasteiger partial charge < -0.3 is 14.8 Å². The first-order chi connectivity index (χ1) is 8.13. The van der Waals surface area contributed by atoms with Crippen molar-refractivity contribution in [1.29, 1.82) is 0 Å². The van der Waals surface area contributed by atoms with Crippen LogP contribution in [0.5, 0.6) is 5.75 Å². The minimum atomic E-state index is 0.0934. The van der Waals surface area contributed by atoms with Gasteiger partial charge in [-0.05, 0) is 38.6 Å². The summed E-state index contributed by atoms with van der Waals surface area (Å²) in [6.45, 7) is 4.74. The molecule has 0 aromatic heterocycles. The van der Waals surface area contributed by atoms with Gasteiger partial charge >= 0.3 is 0 Å². The number of halogens is 1. The molecule has 96 valence electrons. The number of ether oxygens (including phenoxy) is 2. The molecule has 0 heterocycles. The summed E-state index contributed by atoms with van der Waals surface area (Å²) < 4.78 is 10.8. The Bertz CT molecular complexity index is 357. The lowest BCUT2D eigenvalue weighted by molar-refractivity contribution is 0.0493. The highest BCUT2D eigenvalue weighted by Crippen LogP contribution is 2.29. The fourth-order valence-electron chi connectivity index (χ4n) is 1.90. The van der Waals surface area contributed by atoms with E-state index in [0.717, 1.165) is 5.56 Å². The van der Waals surface area contributed by atoms with E-state index in [0.29, 0.717) is 17.4 Å². The van der Waals surface area contributed by atoms with E-state index in [9.17, 15) is 0 Å². The van der Waals surface area contributed by atoms with Crippen LogP contribution in [0.4, 0.5) is 0 Å². The lowest BCUT2D eigenvalue weighted by Crippen LogP contribution is -2.29. The smallest absolute Gasteiger partial charge is 0.137 e. The minimum absolute atomic E-state index is 0.0934. The van der Waals surface area contributed by atoms with Gasteiger partial charge in [-0.1, -0.05) is 17.7 Å². The monoisotopic (exact) mass is 257 g/mol. The van der Waals surface area contributed by atoms with E-state index in [1.54, 1.807) is 7.11 Å². The number of rotatable bonds is 6. The number of likely N-dealkylation sites (N-methyl/N-ethyl adjacent to an activating group) is 1. The first kappa shape index (κ1) is 14.3. The summed E-state index contributed by atoms with van der Waals surface area (Å²) in [6.07, 6.45) is 0.0934. The Hall–Kier alpha value is -0.770. The van der Waals surface area contributed by atoms with Crippen LogP contribution in [0.3, 0.4) is 0 Å². The van der Waals surface area contributed by atoms with Crippen molar-refractivity contribution in [1.82, 2.24) is 5.32 Å². The van der Waals surface area contributed by atoms with E-state index in [-0.39, 0.29) is 12.1 Å². The average molecular weight is 258 g/mol. The molecule has 1 aromatic rings. The molecule has 0 aliphatic carbocycles. The highest BCUT2D eigenvalue weighted by Gasteiger charge is 2.18. The molecule has 0 bridgehead atoms. The normalized spacial score (nSPS) is 14.4. The van der Waals surface area contributed by atoms with Crippen LogP contribution in [0.25, 0.3) is 0 Å². The van der Waals surface area contributed by atoms with E-state index < -0.39 is 0 Å². The Balaban J connectivity index is 2.95. The molecule has 1 rings (SSSR count). The zero-order valence-corrected chi connectivity index (χ0v) is 11.5. The molecular formula is C13H20ClNO2. The van der Waals surface area contributed by atoms with Crippen molar-refractivity contribution in [3.63, 3.8) is 0 Å². The van der Waals surface area contributed by atoms with Crippen LogP contribution < -0.4 is 10.1 Å². The Morgan fingerprint density at radius 3 is 2.65 bits per heavy atom. The van der Waals surface area contributed by atoms with Gasteiger partial charge in [0.25, 0.3) is 0 Å². The quantitative estimate of drug-likeness (QED) is 0.850. The van der Waals surface area contributed by atoms with Gasteiger partial charge in [0, 0.05) is 6.61 Å². The van der Waals surface area contributed by atoms with Crippen molar-refractivity contribution in [2.45, 2.75) is 26.0 Å². The molecule has 4 heteroatoms. The highest BCUT2D eigenvalue weighted by molar-refractivity contribution is 6.32. The maximum Gasteiger partial charge on any atom is 0.137 e. The molecule has 3 nitrogen and oxygen atoms in total. The lowest BCUT2D eigenvalue weighted by atomic mass is 10.0. The van der Waals surface area contributed by atoms with Crippen LogP contribution in [0, 0.1) is 0 Å². The summed E-state index contributed by atoms with van der Waals surface area (Å²) >= 11 is 6.01. The average Bonchev–Trinajstić information content (AvgIpc) is 2.32. The van der Waals surface area contributed by atoms with Crippen molar-refractivity contribution in [2.75, 3.05) is 20.8 Å². The highest BCUT2D eigenvalue weighted by atomic mass is 35.5. The van der Waals surface area contributed by atoms with Crippen molar-refractivity contribution >= 4 is 11.6 Å². The number of benzene rings is 1. The van der Waals surface area contributed by atoms with Crippen molar-refractivity contribution in [3.8, 4) is 5.75 Å². The van der Waals surface area contributed by atoms with Crippen molar-refractivity contribution in [2.24, 2.45) is 0 Å². The summed E-state index contributed by atoms with van der Waals surface area (Å²) in [5.74, 6) is 0.688. The second-order valence-corrected chi connectivity index (χ2v) is 4.23. The second-order valence-electron chi connectivity index (χ2n) is 3.82. The summed E-state index contributed by atoms with van der Waals surface area (Å²) in [4.78, 5) is 0. The molecule has 0 spiro atoms. The molecule has 0 fully saturated rings. The molecule has 0 aliphatic heterocycles. The van der Waals surface area contributed by atoms with Gasteiger partial charge in [-0.2, -0.15) is 0 Å². The third kappa shape index (κ3) is 3.60. The Morgan fingerprint density at radius 2 is 2.12 bits per heavy atom. The Kier molecular flexibility index (Phi) is 5.75. The topological polar surface area (TPSA) is 30.5 Å². The molecule has 2 atom stereocenters. The predicted octanol–water partition coefficient (Wildman–Crippen LogP) is 3.03. The van der Waals surface area contributed by atoms with Crippen molar-refractivity contribution in [3.05, 3.63) is 28.8 Å². The number of hydrogen-bond acceptors (Lipinski definition) is 3. The lowest BCUT2D eigenvalue weighted by Gasteiger charge is -2.24. The molecule has 0 aliphatic rings. The predicted molar refractivity (Wildman–Crippen MR) is 70.9 cm³/mol. The zero-order chi connectivity index (χ0) is 12.8. The van der Waals surface area contributed by atoms with Crippen LogP contribution in [-0.2, 0) is 4.74 Å². The molecule has 0 amide bonds. The van der Waals surface area contributed by atoms with E-state index in [2.05, 4.69) is 5.32 Å². The zero-order valence-electron chi connectivity index (χ0n) is 10.8. The summed E-state index contributed by atoms with van der Waals surface area (Å²) in [7, 11) is 3.53. The first-order valence-electron chi connectivity index (χ1n) is 5.76. The number of nitrogens with one attached hydrogen (secondary N) is 1. The van der Waals surface area contributed by atoms with Crippen molar-refractivity contribution < 1.29 is 9.47 Å². The Labute approximate surface area is 108 Å². The summed E-state index contributed by atoms with van der Waals surface area (Å²) in [5, 5.41) is 3.87. The molecule has 0 radical (unpaired) electrons. The molecule has 1 aromatic carbocycles. The minimum Gasteiger partial charge on any atom is -0.495 e. The van der Waals surface area contributed by atoms with Crippen LogP contribution in [0.1, 0.15) is 25.5 Å². The SMILES string of the molecule is CCOC(C)C(NC)c1ccc(Cl)c(OC)c1. The Morgan fingerprint density at radius 1 is 1.41 bits per heavy atom. The van der Waals surface area contributed by atoms with E-state index >= 15 is 0 Å². The van der Waals surface area contributed by atoms with Gasteiger partial charge in [0.1, 0.15) is 5.75 Å². The van der Waals surface area contributed by atoms with Crippen LogP contribution in [0.15, 0.2) is 18.2 Å². The molecule has 1 N–H and O–H groups in total. The molecular weight excluding hydrogens is 238 g/mol. The molecule has 17 heavy (non-hydrogen) atoms.